The highest BCUT2D eigenvalue weighted by molar-refractivity contribution is 5.83. The number of aryl methyl sites for hydroxylation is 1. The molecule has 1 unspecified atom stereocenters. The summed E-state index contributed by atoms with van der Waals surface area (Å²) in [4.78, 5) is 10.9. The SMILES string of the molecule is COc1ccc(C)c2c1CC(C(=O)O)N2. The van der Waals surface area contributed by atoms with Gasteiger partial charge in [0.2, 0.25) is 0 Å². The van der Waals surface area contributed by atoms with Crippen molar-refractivity contribution in [2.24, 2.45) is 0 Å². The fourth-order valence-corrected chi connectivity index (χ4v) is 1.92. The topological polar surface area (TPSA) is 58.6 Å². The van der Waals surface area contributed by atoms with Gasteiger partial charge in [-0.1, -0.05) is 6.07 Å². The third kappa shape index (κ3) is 1.52. The number of nitrogens with one attached hydrogen (secondary N) is 1. The maximum Gasteiger partial charge on any atom is 0.326 e. The lowest BCUT2D eigenvalue weighted by Gasteiger charge is -2.08. The van der Waals surface area contributed by atoms with E-state index < -0.39 is 12.0 Å². The van der Waals surface area contributed by atoms with Crippen LogP contribution in [0.4, 0.5) is 5.69 Å². The Morgan fingerprint density at radius 3 is 2.93 bits per heavy atom. The van der Waals surface area contributed by atoms with Crippen molar-refractivity contribution in [2.75, 3.05) is 12.4 Å². The van der Waals surface area contributed by atoms with Gasteiger partial charge in [0.1, 0.15) is 11.8 Å². The van der Waals surface area contributed by atoms with Crippen molar-refractivity contribution in [3.8, 4) is 5.75 Å². The summed E-state index contributed by atoms with van der Waals surface area (Å²) in [7, 11) is 1.60. The van der Waals surface area contributed by atoms with Gasteiger partial charge in [-0.15, -0.1) is 0 Å². The van der Waals surface area contributed by atoms with Crippen molar-refractivity contribution in [2.45, 2.75) is 19.4 Å². The number of hydrogen-bond acceptors (Lipinski definition) is 3. The van der Waals surface area contributed by atoms with Crippen molar-refractivity contribution in [1.29, 1.82) is 0 Å². The molecule has 0 saturated heterocycles. The Bertz CT molecular complexity index is 415. The third-order valence-corrected chi connectivity index (χ3v) is 2.72. The largest absolute Gasteiger partial charge is 0.496 e. The molecular weight excluding hydrogens is 194 g/mol. The summed E-state index contributed by atoms with van der Waals surface area (Å²) < 4.78 is 5.21. The number of rotatable bonds is 2. The zero-order valence-corrected chi connectivity index (χ0v) is 8.70. The van der Waals surface area contributed by atoms with Crippen LogP contribution in [0.25, 0.3) is 0 Å². The molecule has 0 aliphatic carbocycles. The van der Waals surface area contributed by atoms with Gasteiger partial charge in [0, 0.05) is 17.7 Å². The second-order valence-corrected chi connectivity index (χ2v) is 3.68. The first kappa shape index (κ1) is 9.83. The lowest BCUT2D eigenvalue weighted by atomic mass is 10.1. The van der Waals surface area contributed by atoms with Crippen molar-refractivity contribution in [3.63, 3.8) is 0 Å². The van der Waals surface area contributed by atoms with Gasteiger partial charge in [-0.3, -0.25) is 0 Å². The smallest absolute Gasteiger partial charge is 0.326 e. The zero-order valence-electron chi connectivity index (χ0n) is 8.70. The van der Waals surface area contributed by atoms with Crippen LogP contribution in [0.2, 0.25) is 0 Å². The molecule has 0 aromatic heterocycles. The van der Waals surface area contributed by atoms with E-state index in [1.807, 2.05) is 19.1 Å². The first-order valence-electron chi connectivity index (χ1n) is 4.79. The predicted octanol–water partition coefficient (Wildman–Crippen LogP) is 1.42. The minimum atomic E-state index is -0.826. The van der Waals surface area contributed by atoms with Crippen LogP contribution in [0, 0.1) is 6.92 Å². The standard InChI is InChI=1S/C11H13NO3/c1-6-3-4-9(15-2)7-5-8(11(13)14)12-10(6)7/h3-4,8,12H,5H2,1-2H3,(H,13,14). The van der Waals surface area contributed by atoms with Crippen molar-refractivity contribution >= 4 is 11.7 Å². The van der Waals surface area contributed by atoms with E-state index in [0.29, 0.717) is 6.42 Å². The summed E-state index contributed by atoms with van der Waals surface area (Å²) in [5, 5.41) is 11.9. The van der Waals surface area contributed by atoms with Gasteiger partial charge in [0.15, 0.2) is 0 Å². The highest BCUT2D eigenvalue weighted by Crippen LogP contribution is 2.36. The molecule has 2 N–H and O–H groups in total. The Balaban J connectivity index is 2.43. The fraction of sp³-hybridized carbons (Fsp3) is 0.364. The molecule has 4 heteroatoms. The molecule has 0 radical (unpaired) electrons. The molecule has 1 aromatic rings. The molecule has 0 amide bonds. The molecule has 1 aromatic carbocycles. The van der Waals surface area contributed by atoms with Crippen molar-refractivity contribution < 1.29 is 14.6 Å². The van der Waals surface area contributed by atoms with Gasteiger partial charge in [-0.2, -0.15) is 0 Å². The van der Waals surface area contributed by atoms with E-state index in [1.54, 1.807) is 7.11 Å². The molecule has 2 rings (SSSR count). The second-order valence-electron chi connectivity index (χ2n) is 3.68. The van der Waals surface area contributed by atoms with Crippen LogP contribution in [0.15, 0.2) is 12.1 Å². The Morgan fingerprint density at radius 2 is 2.33 bits per heavy atom. The number of hydrogen-bond donors (Lipinski definition) is 2. The molecule has 1 aliphatic rings. The van der Waals surface area contributed by atoms with Gasteiger partial charge in [-0.25, -0.2) is 4.79 Å². The Hall–Kier alpha value is -1.71. The number of carboxylic acids is 1. The van der Waals surface area contributed by atoms with Crippen LogP contribution in [0.1, 0.15) is 11.1 Å². The third-order valence-electron chi connectivity index (χ3n) is 2.72. The summed E-state index contributed by atoms with van der Waals surface area (Å²) in [6.07, 6.45) is 0.482. The number of ether oxygens (including phenoxy) is 1. The molecule has 1 heterocycles. The number of aliphatic carboxylic acids is 1. The van der Waals surface area contributed by atoms with E-state index in [1.165, 1.54) is 0 Å². The maximum atomic E-state index is 10.9. The minimum Gasteiger partial charge on any atom is -0.496 e. The zero-order chi connectivity index (χ0) is 11.0. The number of fused-ring (bicyclic) bond motifs is 1. The number of methoxy groups -OCH3 is 1. The molecule has 0 fully saturated rings. The molecule has 1 atom stereocenters. The monoisotopic (exact) mass is 207 g/mol. The molecule has 80 valence electrons. The molecule has 0 spiro atoms. The van der Waals surface area contributed by atoms with Gasteiger partial charge in [0.25, 0.3) is 0 Å². The number of carbonyl (C=O) groups is 1. The molecule has 0 bridgehead atoms. The fourth-order valence-electron chi connectivity index (χ4n) is 1.92. The lowest BCUT2D eigenvalue weighted by Crippen LogP contribution is -2.26. The second kappa shape index (κ2) is 3.46. The van der Waals surface area contributed by atoms with Crippen LogP contribution in [0.5, 0.6) is 5.75 Å². The first-order chi connectivity index (χ1) is 7.13. The maximum absolute atomic E-state index is 10.9. The summed E-state index contributed by atoms with van der Waals surface area (Å²) in [5.74, 6) is -0.0699. The Labute approximate surface area is 87.9 Å². The van der Waals surface area contributed by atoms with E-state index in [2.05, 4.69) is 5.32 Å². The van der Waals surface area contributed by atoms with Gasteiger partial charge in [0.05, 0.1) is 7.11 Å². The average molecular weight is 207 g/mol. The minimum absolute atomic E-state index is 0.482. The summed E-state index contributed by atoms with van der Waals surface area (Å²) in [6.45, 7) is 1.95. The first-order valence-corrected chi connectivity index (χ1v) is 4.79. The van der Waals surface area contributed by atoms with Crippen LogP contribution in [-0.4, -0.2) is 24.2 Å². The molecule has 4 nitrogen and oxygen atoms in total. The Kier molecular flexibility index (Phi) is 2.26. The van der Waals surface area contributed by atoms with E-state index in [4.69, 9.17) is 9.84 Å². The highest BCUT2D eigenvalue weighted by atomic mass is 16.5. The normalized spacial score (nSPS) is 18.1. The van der Waals surface area contributed by atoms with Crippen LogP contribution in [-0.2, 0) is 11.2 Å². The van der Waals surface area contributed by atoms with E-state index in [-0.39, 0.29) is 0 Å². The molecular formula is C11H13NO3. The van der Waals surface area contributed by atoms with E-state index >= 15 is 0 Å². The summed E-state index contributed by atoms with van der Waals surface area (Å²) >= 11 is 0. The van der Waals surface area contributed by atoms with Crippen LogP contribution < -0.4 is 10.1 Å². The highest BCUT2D eigenvalue weighted by Gasteiger charge is 2.29. The lowest BCUT2D eigenvalue weighted by molar-refractivity contribution is -0.137. The number of carboxylic acid groups (broad SMARTS) is 1. The van der Waals surface area contributed by atoms with E-state index in [0.717, 1.165) is 22.6 Å². The Morgan fingerprint density at radius 1 is 1.60 bits per heavy atom. The van der Waals surface area contributed by atoms with Crippen LogP contribution >= 0.6 is 0 Å². The predicted molar refractivity (Wildman–Crippen MR) is 56.5 cm³/mol. The quantitative estimate of drug-likeness (QED) is 0.770. The molecule has 1 aliphatic heterocycles. The summed E-state index contributed by atoms with van der Waals surface area (Å²) in [5.41, 5.74) is 2.92. The van der Waals surface area contributed by atoms with Gasteiger partial charge >= 0.3 is 5.97 Å². The van der Waals surface area contributed by atoms with Crippen LogP contribution in [0.3, 0.4) is 0 Å². The van der Waals surface area contributed by atoms with Crippen molar-refractivity contribution in [3.05, 3.63) is 23.3 Å². The van der Waals surface area contributed by atoms with Crippen molar-refractivity contribution in [1.82, 2.24) is 0 Å². The summed E-state index contributed by atoms with van der Waals surface area (Å²) in [6, 6.07) is 3.27. The van der Waals surface area contributed by atoms with Gasteiger partial charge < -0.3 is 15.2 Å². The van der Waals surface area contributed by atoms with E-state index in [9.17, 15) is 4.79 Å². The molecule has 15 heavy (non-hydrogen) atoms. The number of benzene rings is 1. The average Bonchev–Trinajstić information content (AvgIpc) is 2.64. The van der Waals surface area contributed by atoms with Gasteiger partial charge in [-0.05, 0) is 18.6 Å². The number of anilines is 1. The molecule has 0 saturated carbocycles.